The van der Waals surface area contributed by atoms with E-state index in [0.29, 0.717) is 0 Å². The largest absolute Gasteiger partial charge is 0.456 e. The van der Waals surface area contributed by atoms with Gasteiger partial charge in [0.15, 0.2) is 0 Å². The van der Waals surface area contributed by atoms with Gasteiger partial charge in [0.1, 0.15) is 11.2 Å². The molecule has 0 N–H and O–H groups in total. The van der Waals surface area contributed by atoms with Crippen LogP contribution in [0.2, 0.25) is 0 Å². The predicted octanol–water partition coefficient (Wildman–Crippen LogP) is 19.1. The molecule has 4 nitrogen and oxygen atoms in total. The molecule has 0 radical (unpaired) electrons. The summed E-state index contributed by atoms with van der Waals surface area (Å²) in [6, 6.07) is 84.3. The van der Waals surface area contributed by atoms with E-state index < -0.39 is 0 Å². The number of anilines is 8. The minimum absolute atomic E-state index is 0.253. The quantitative estimate of drug-likeness (QED) is 0.0900. The summed E-state index contributed by atoms with van der Waals surface area (Å²) >= 11 is 0. The summed E-state index contributed by atoms with van der Waals surface area (Å²) in [7, 11) is 0. The molecule has 13 rings (SSSR count). The van der Waals surface area contributed by atoms with Gasteiger partial charge in [0.25, 0.3) is 0 Å². The van der Waals surface area contributed by atoms with Crippen LogP contribution in [-0.2, 0) is 19.3 Å². The molecule has 2 aliphatic rings. The number of benzene rings is 10. The van der Waals surface area contributed by atoms with Gasteiger partial charge in [0.05, 0.1) is 5.69 Å². The maximum Gasteiger partial charge on any atom is 0.333 e. The SMILES string of the molecule is CCCCc1ccc(N2B3c4c(cc(-c5ccccc5)cc4N(c4ccc(CCCC)cc4-c4ccccc4)c4ccc5oc6ccccc6c5c43)-c3ccc(N(c4ccccc4)c4ccc(CCCC)cc4)cc32)cc1. The molecular weight excluding hydrogens is 934 g/mol. The highest BCUT2D eigenvalue weighted by atomic mass is 16.3. The van der Waals surface area contributed by atoms with Gasteiger partial charge in [-0.1, -0.05) is 173 Å². The summed E-state index contributed by atoms with van der Waals surface area (Å²) in [5.41, 5.74) is 24.7. The van der Waals surface area contributed by atoms with Gasteiger partial charge in [0.2, 0.25) is 0 Å². The van der Waals surface area contributed by atoms with Gasteiger partial charge in [0, 0.05) is 61.7 Å². The Hall–Kier alpha value is -8.54. The van der Waals surface area contributed by atoms with E-state index in [2.05, 4.69) is 260 Å². The number of furan rings is 1. The molecule has 77 heavy (non-hydrogen) atoms. The van der Waals surface area contributed by atoms with Gasteiger partial charge in [-0.05, 0) is 179 Å². The second-order valence-electron chi connectivity index (χ2n) is 21.1. The lowest BCUT2D eigenvalue weighted by Crippen LogP contribution is -2.61. The maximum atomic E-state index is 6.91. The second kappa shape index (κ2) is 20.9. The first-order chi connectivity index (χ1) is 38.1. The lowest BCUT2D eigenvalue weighted by Gasteiger charge is -2.46. The molecule has 1 aromatic heterocycles. The van der Waals surface area contributed by atoms with Crippen LogP contribution in [0.4, 0.5) is 45.5 Å². The molecule has 3 heterocycles. The molecule has 0 unspecified atom stereocenters. The van der Waals surface area contributed by atoms with E-state index in [1.54, 1.807) is 0 Å². The third-order valence-electron chi connectivity index (χ3n) is 16.2. The maximum absolute atomic E-state index is 6.91. The molecule has 2 aliphatic heterocycles. The highest BCUT2D eigenvalue weighted by Gasteiger charge is 2.47. The van der Waals surface area contributed by atoms with Crippen LogP contribution in [0.1, 0.15) is 76.0 Å². The number of hydrogen-bond donors (Lipinski definition) is 0. The van der Waals surface area contributed by atoms with Crippen molar-refractivity contribution in [1.82, 2.24) is 0 Å². The fourth-order valence-electron chi connectivity index (χ4n) is 12.3. The first kappa shape index (κ1) is 48.1. The van der Waals surface area contributed by atoms with Gasteiger partial charge in [-0.3, -0.25) is 0 Å². The summed E-state index contributed by atoms with van der Waals surface area (Å²) in [5, 5.41) is 2.27. The number of hydrogen-bond acceptors (Lipinski definition) is 4. The van der Waals surface area contributed by atoms with Gasteiger partial charge in [-0.25, -0.2) is 0 Å². The number of fused-ring (bicyclic) bond motifs is 8. The van der Waals surface area contributed by atoms with E-state index in [1.807, 2.05) is 0 Å². The molecule has 5 heteroatoms. The van der Waals surface area contributed by atoms with Crippen molar-refractivity contribution in [2.24, 2.45) is 0 Å². The second-order valence-corrected chi connectivity index (χ2v) is 21.1. The molecule has 0 saturated heterocycles. The van der Waals surface area contributed by atoms with Crippen molar-refractivity contribution in [3.63, 3.8) is 0 Å². The van der Waals surface area contributed by atoms with Crippen molar-refractivity contribution in [1.29, 1.82) is 0 Å². The Morgan fingerprint density at radius 2 is 0.974 bits per heavy atom. The minimum atomic E-state index is -0.253. The van der Waals surface area contributed by atoms with E-state index >= 15 is 0 Å². The van der Waals surface area contributed by atoms with Crippen molar-refractivity contribution >= 4 is 85.2 Å². The van der Waals surface area contributed by atoms with E-state index in [9.17, 15) is 0 Å². The summed E-state index contributed by atoms with van der Waals surface area (Å²) in [6.07, 6.45) is 10.1. The van der Waals surface area contributed by atoms with Crippen LogP contribution >= 0.6 is 0 Å². The van der Waals surface area contributed by atoms with Crippen LogP contribution in [-0.4, -0.2) is 6.85 Å². The smallest absolute Gasteiger partial charge is 0.333 e. The number of nitrogens with zero attached hydrogens (tertiary/aromatic N) is 3. The molecular formula is C72H64BN3O. The van der Waals surface area contributed by atoms with Crippen molar-refractivity contribution in [3.8, 4) is 33.4 Å². The van der Waals surface area contributed by atoms with Gasteiger partial charge >= 0.3 is 6.85 Å². The summed E-state index contributed by atoms with van der Waals surface area (Å²) < 4.78 is 6.91. The fourth-order valence-corrected chi connectivity index (χ4v) is 12.3. The highest BCUT2D eigenvalue weighted by molar-refractivity contribution is 6.95. The molecule has 0 spiro atoms. The molecule has 0 atom stereocenters. The zero-order valence-electron chi connectivity index (χ0n) is 44.6. The third kappa shape index (κ3) is 8.78. The van der Waals surface area contributed by atoms with Crippen molar-refractivity contribution < 1.29 is 4.42 Å². The summed E-state index contributed by atoms with van der Waals surface area (Å²) in [6.45, 7) is 6.58. The molecule has 0 amide bonds. The molecule has 10 aromatic carbocycles. The normalized spacial score (nSPS) is 12.5. The summed E-state index contributed by atoms with van der Waals surface area (Å²) in [4.78, 5) is 7.72. The Bertz CT molecular complexity index is 3890. The Labute approximate surface area is 455 Å². The Morgan fingerprint density at radius 3 is 1.68 bits per heavy atom. The molecule has 0 fully saturated rings. The molecule has 0 aliphatic carbocycles. The Balaban J connectivity index is 1.14. The topological polar surface area (TPSA) is 22.9 Å². The van der Waals surface area contributed by atoms with Crippen LogP contribution < -0.4 is 25.5 Å². The van der Waals surface area contributed by atoms with Crippen LogP contribution in [0, 0.1) is 0 Å². The van der Waals surface area contributed by atoms with Gasteiger partial charge in [-0.2, -0.15) is 0 Å². The van der Waals surface area contributed by atoms with E-state index in [4.69, 9.17) is 4.42 Å². The Kier molecular flexibility index (Phi) is 13.1. The number of unbranched alkanes of at least 4 members (excludes halogenated alkanes) is 3. The van der Waals surface area contributed by atoms with E-state index in [1.165, 1.54) is 79.5 Å². The zero-order chi connectivity index (χ0) is 51.8. The minimum Gasteiger partial charge on any atom is -0.456 e. The average Bonchev–Trinajstić information content (AvgIpc) is 4.12. The lowest BCUT2D eigenvalue weighted by atomic mass is 9.42. The van der Waals surface area contributed by atoms with Crippen LogP contribution in [0.3, 0.4) is 0 Å². The molecule has 0 saturated carbocycles. The fraction of sp³-hybridized carbons (Fsp3) is 0.167. The average molecular weight is 998 g/mol. The van der Waals surface area contributed by atoms with Crippen LogP contribution in [0.5, 0.6) is 0 Å². The van der Waals surface area contributed by atoms with Crippen molar-refractivity contribution in [2.45, 2.75) is 78.6 Å². The monoisotopic (exact) mass is 998 g/mol. The third-order valence-corrected chi connectivity index (χ3v) is 16.2. The van der Waals surface area contributed by atoms with Crippen LogP contribution in [0.25, 0.3) is 55.3 Å². The molecule has 376 valence electrons. The van der Waals surface area contributed by atoms with E-state index in [0.717, 1.165) is 107 Å². The van der Waals surface area contributed by atoms with Crippen molar-refractivity contribution in [3.05, 3.63) is 241 Å². The van der Waals surface area contributed by atoms with Crippen LogP contribution in [0.15, 0.2) is 229 Å². The van der Waals surface area contributed by atoms with Crippen molar-refractivity contribution in [2.75, 3.05) is 14.6 Å². The summed E-state index contributed by atoms with van der Waals surface area (Å²) in [5.74, 6) is 0. The van der Waals surface area contributed by atoms with Gasteiger partial charge in [-0.15, -0.1) is 0 Å². The molecule has 11 aromatic rings. The number of para-hydroxylation sites is 2. The Morgan fingerprint density at radius 1 is 0.390 bits per heavy atom. The first-order valence-corrected chi connectivity index (χ1v) is 28.2. The van der Waals surface area contributed by atoms with Gasteiger partial charge < -0.3 is 19.0 Å². The standard InChI is InChI=1S/C72H64BN3O/c1-4-7-21-50-32-37-57(38-33-50)74(56-28-17-12-18-29-56)59-41-42-60-63-47-55(53-24-13-10-14-25-53)48-67-71(63)73(76(66(60)49-59)58-39-34-51(35-40-58)22-8-5-2)72-65(44-45-69-70(72)61-30-19-20-31-68(61)77-69)75(67)64-43-36-52(23-9-6-3)46-62(64)54-26-15-11-16-27-54/h10-20,24-49H,4-9,21-23H2,1-3H3. The number of rotatable bonds is 16. The predicted molar refractivity (Wildman–Crippen MR) is 329 cm³/mol. The first-order valence-electron chi connectivity index (χ1n) is 28.2. The molecule has 0 bridgehead atoms. The highest BCUT2D eigenvalue weighted by Crippen LogP contribution is 2.52. The number of aryl methyl sites for hydroxylation is 3. The zero-order valence-corrected chi connectivity index (χ0v) is 44.6. The lowest BCUT2D eigenvalue weighted by molar-refractivity contribution is 0.669. The van der Waals surface area contributed by atoms with E-state index in [-0.39, 0.29) is 6.85 Å².